The molecule has 0 amide bonds. The molecule has 1 atom stereocenters. The minimum absolute atomic E-state index is 0. The number of aliphatic hydroxyl groups excluding tert-OH is 1. The third kappa shape index (κ3) is 3.98. The van der Waals surface area contributed by atoms with E-state index in [1.54, 1.807) is 0 Å². The average molecular weight is 298 g/mol. The van der Waals surface area contributed by atoms with Crippen molar-refractivity contribution in [1.82, 2.24) is 5.32 Å². The highest BCUT2D eigenvalue weighted by atomic mass is 35.5. The van der Waals surface area contributed by atoms with E-state index in [2.05, 4.69) is 39.1 Å². The Kier molecular flexibility index (Phi) is 5.63. The molecule has 1 aromatic heterocycles. The van der Waals surface area contributed by atoms with Crippen LogP contribution >= 0.6 is 12.4 Å². The highest BCUT2D eigenvalue weighted by molar-refractivity contribution is 5.85. The second kappa shape index (κ2) is 6.61. The van der Waals surface area contributed by atoms with Crippen molar-refractivity contribution in [3.05, 3.63) is 35.6 Å². The van der Waals surface area contributed by atoms with Gasteiger partial charge in [-0.15, -0.1) is 12.4 Å². The first kappa shape index (κ1) is 17.0. The highest BCUT2D eigenvalue weighted by Gasteiger charge is 2.17. The van der Waals surface area contributed by atoms with Gasteiger partial charge in [-0.1, -0.05) is 25.1 Å². The Morgan fingerprint density at radius 3 is 2.60 bits per heavy atom. The normalized spacial score (nSPS) is 13.2. The van der Waals surface area contributed by atoms with Gasteiger partial charge in [0, 0.05) is 17.5 Å². The molecule has 2 rings (SSSR count). The number of benzene rings is 1. The van der Waals surface area contributed by atoms with Crippen molar-refractivity contribution in [3.63, 3.8) is 0 Å². The third-order valence-electron chi connectivity index (χ3n) is 3.18. The molecule has 0 aliphatic heterocycles. The van der Waals surface area contributed by atoms with Crippen molar-refractivity contribution < 1.29 is 9.52 Å². The van der Waals surface area contributed by atoms with E-state index < -0.39 is 6.10 Å². The zero-order valence-electron chi connectivity index (χ0n) is 12.6. The lowest BCUT2D eigenvalue weighted by molar-refractivity contribution is 0.140. The van der Waals surface area contributed by atoms with Crippen molar-refractivity contribution in [2.45, 2.75) is 45.8 Å². The van der Waals surface area contributed by atoms with Crippen molar-refractivity contribution in [3.8, 4) is 0 Å². The fourth-order valence-corrected chi connectivity index (χ4v) is 2.09. The summed E-state index contributed by atoms with van der Waals surface area (Å²) in [5, 5.41) is 14.5. The van der Waals surface area contributed by atoms with E-state index in [1.165, 1.54) is 5.56 Å². The van der Waals surface area contributed by atoms with E-state index in [9.17, 15) is 5.11 Å². The number of rotatable bonds is 4. The van der Waals surface area contributed by atoms with Gasteiger partial charge < -0.3 is 14.8 Å². The van der Waals surface area contributed by atoms with Crippen LogP contribution in [0.4, 0.5) is 0 Å². The van der Waals surface area contributed by atoms with Gasteiger partial charge in [-0.05, 0) is 38.8 Å². The van der Waals surface area contributed by atoms with Crippen LogP contribution in [0, 0.1) is 0 Å². The minimum atomic E-state index is -0.615. The van der Waals surface area contributed by atoms with E-state index in [0.717, 1.165) is 17.4 Å². The first-order valence-corrected chi connectivity index (χ1v) is 6.85. The SMILES string of the molecule is CCc1cccc2cc([C@H](O)CNC(C)(C)C)oc12.Cl. The lowest BCUT2D eigenvalue weighted by Crippen LogP contribution is -2.38. The fourth-order valence-electron chi connectivity index (χ4n) is 2.09. The van der Waals surface area contributed by atoms with Gasteiger partial charge in [0.15, 0.2) is 0 Å². The quantitative estimate of drug-likeness (QED) is 0.901. The van der Waals surface area contributed by atoms with Crippen LogP contribution in [0.3, 0.4) is 0 Å². The van der Waals surface area contributed by atoms with Crippen LogP contribution < -0.4 is 5.32 Å². The molecule has 0 aliphatic rings. The molecule has 1 aromatic carbocycles. The molecule has 0 fully saturated rings. The minimum Gasteiger partial charge on any atom is -0.458 e. The first-order valence-electron chi connectivity index (χ1n) is 6.85. The lowest BCUT2D eigenvalue weighted by Gasteiger charge is -2.22. The lowest BCUT2D eigenvalue weighted by atomic mass is 10.1. The molecule has 0 saturated heterocycles. The summed E-state index contributed by atoms with van der Waals surface area (Å²) in [6, 6.07) is 8.05. The number of halogens is 1. The van der Waals surface area contributed by atoms with Gasteiger partial charge in [0.05, 0.1) is 0 Å². The fraction of sp³-hybridized carbons (Fsp3) is 0.500. The van der Waals surface area contributed by atoms with Crippen LogP contribution in [0.5, 0.6) is 0 Å². The number of aryl methyl sites for hydroxylation is 1. The smallest absolute Gasteiger partial charge is 0.137 e. The molecule has 0 radical (unpaired) electrons. The maximum Gasteiger partial charge on any atom is 0.137 e. The van der Waals surface area contributed by atoms with Gasteiger partial charge in [0.1, 0.15) is 17.4 Å². The van der Waals surface area contributed by atoms with E-state index >= 15 is 0 Å². The number of hydrogen-bond acceptors (Lipinski definition) is 3. The van der Waals surface area contributed by atoms with Gasteiger partial charge in [-0.3, -0.25) is 0 Å². The van der Waals surface area contributed by atoms with Gasteiger partial charge in [0.2, 0.25) is 0 Å². The molecule has 0 spiro atoms. The number of aliphatic hydroxyl groups is 1. The monoisotopic (exact) mass is 297 g/mol. The van der Waals surface area contributed by atoms with E-state index in [-0.39, 0.29) is 17.9 Å². The number of fused-ring (bicyclic) bond motifs is 1. The zero-order chi connectivity index (χ0) is 14.0. The van der Waals surface area contributed by atoms with Crippen LogP contribution in [-0.4, -0.2) is 17.2 Å². The molecule has 0 bridgehead atoms. The summed E-state index contributed by atoms with van der Waals surface area (Å²) in [6.45, 7) is 8.83. The number of furan rings is 1. The summed E-state index contributed by atoms with van der Waals surface area (Å²) < 4.78 is 5.83. The molecule has 2 N–H and O–H groups in total. The summed E-state index contributed by atoms with van der Waals surface area (Å²) in [5.74, 6) is 0.632. The maximum absolute atomic E-state index is 10.2. The summed E-state index contributed by atoms with van der Waals surface area (Å²) >= 11 is 0. The zero-order valence-corrected chi connectivity index (χ0v) is 13.4. The molecule has 2 aromatic rings. The molecular formula is C16H24ClNO2. The predicted molar refractivity (Wildman–Crippen MR) is 85.6 cm³/mol. The molecular weight excluding hydrogens is 274 g/mol. The van der Waals surface area contributed by atoms with Crippen LogP contribution in [-0.2, 0) is 6.42 Å². The predicted octanol–water partition coefficient (Wildman–Crippen LogP) is 3.84. The standard InChI is InChI=1S/C16H23NO2.ClH/c1-5-11-7-6-8-12-9-14(19-15(11)12)13(18)10-17-16(2,3)4;/h6-9,13,17-18H,5,10H2,1-4H3;1H/t13-;/m1./s1. The number of hydrogen-bond donors (Lipinski definition) is 2. The summed E-state index contributed by atoms with van der Waals surface area (Å²) in [4.78, 5) is 0. The van der Waals surface area contributed by atoms with Gasteiger partial charge in [-0.2, -0.15) is 0 Å². The van der Waals surface area contributed by atoms with Crippen LogP contribution in [0.1, 0.15) is 45.1 Å². The Morgan fingerprint density at radius 1 is 1.30 bits per heavy atom. The van der Waals surface area contributed by atoms with Crippen molar-refractivity contribution in [1.29, 1.82) is 0 Å². The topological polar surface area (TPSA) is 45.4 Å². The summed E-state index contributed by atoms with van der Waals surface area (Å²) in [6.07, 6.45) is 0.317. The number of nitrogens with one attached hydrogen (secondary N) is 1. The molecule has 0 saturated carbocycles. The van der Waals surface area contributed by atoms with Crippen LogP contribution in [0.2, 0.25) is 0 Å². The average Bonchev–Trinajstić information content (AvgIpc) is 2.78. The molecule has 0 aliphatic carbocycles. The Morgan fingerprint density at radius 2 is 2.00 bits per heavy atom. The molecule has 20 heavy (non-hydrogen) atoms. The van der Waals surface area contributed by atoms with Crippen LogP contribution in [0.15, 0.2) is 28.7 Å². The van der Waals surface area contributed by atoms with Crippen molar-refractivity contribution in [2.24, 2.45) is 0 Å². The number of para-hydroxylation sites is 1. The van der Waals surface area contributed by atoms with Gasteiger partial charge in [0.25, 0.3) is 0 Å². The number of β-amino-alcohol motifs (C(OH)–C–C–N with tert-alkyl or cyclic N) is 1. The Balaban J connectivity index is 0.00000200. The molecule has 4 heteroatoms. The second-order valence-electron chi connectivity index (χ2n) is 5.98. The first-order chi connectivity index (χ1) is 8.90. The molecule has 112 valence electrons. The molecule has 3 nitrogen and oxygen atoms in total. The second-order valence-corrected chi connectivity index (χ2v) is 5.98. The van der Waals surface area contributed by atoms with Gasteiger partial charge in [-0.25, -0.2) is 0 Å². The highest BCUT2D eigenvalue weighted by Crippen LogP contribution is 2.27. The molecule has 0 unspecified atom stereocenters. The third-order valence-corrected chi connectivity index (χ3v) is 3.18. The Labute approximate surface area is 126 Å². The van der Waals surface area contributed by atoms with E-state index in [0.29, 0.717) is 12.3 Å². The van der Waals surface area contributed by atoms with Crippen molar-refractivity contribution in [2.75, 3.05) is 6.54 Å². The largest absolute Gasteiger partial charge is 0.458 e. The van der Waals surface area contributed by atoms with Gasteiger partial charge >= 0.3 is 0 Å². The maximum atomic E-state index is 10.2. The summed E-state index contributed by atoms with van der Waals surface area (Å²) in [7, 11) is 0. The van der Waals surface area contributed by atoms with Crippen molar-refractivity contribution >= 4 is 23.4 Å². The Bertz CT molecular complexity index is 557. The Hall–Kier alpha value is -1.03. The molecule has 1 heterocycles. The van der Waals surface area contributed by atoms with E-state index in [4.69, 9.17) is 4.42 Å². The van der Waals surface area contributed by atoms with Crippen LogP contribution in [0.25, 0.3) is 11.0 Å². The summed E-state index contributed by atoms with van der Waals surface area (Å²) in [5.41, 5.74) is 2.07. The van der Waals surface area contributed by atoms with E-state index in [1.807, 2.05) is 18.2 Å².